The molecule has 0 saturated carbocycles. The lowest BCUT2D eigenvalue weighted by Gasteiger charge is -2.13. The van der Waals surface area contributed by atoms with E-state index in [-0.39, 0.29) is 0 Å². The van der Waals surface area contributed by atoms with Gasteiger partial charge in [0.05, 0.1) is 22.6 Å². The number of aromatic nitrogens is 3. The first-order valence-corrected chi connectivity index (χ1v) is 5.26. The molecule has 1 unspecified atom stereocenters. The van der Waals surface area contributed by atoms with Gasteiger partial charge in [0.1, 0.15) is 6.10 Å². The van der Waals surface area contributed by atoms with Crippen molar-refractivity contribution in [3.05, 3.63) is 46.5 Å². The molecule has 2 aromatic heterocycles. The number of rotatable bonds is 2. The lowest BCUT2D eigenvalue weighted by Crippen LogP contribution is -2.10. The molecule has 1 atom stereocenters. The minimum Gasteiger partial charge on any atom is -0.380 e. The van der Waals surface area contributed by atoms with Gasteiger partial charge in [0.2, 0.25) is 0 Å². The first-order valence-electron chi connectivity index (χ1n) is 4.88. The summed E-state index contributed by atoms with van der Waals surface area (Å²) in [5.41, 5.74) is 2.09. The summed E-state index contributed by atoms with van der Waals surface area (Å²) in [5, 5.41) is 14.6. The molecule has 2 heterocycles. The first kappa shape index (κ1) is 11.1. The maximum Gasteiger partial charge on any atom is 0.139 e. The zero-order chi connectivity index (χ0) is 11.7. The fourth-order valence-electron chi connectivity index (χ4n) is 1.64. The molecule has 16 heavy (non-hydrogen) atoms. The predicted molar refractivity (Wildman–Crippen MR) is 61.3 cm³/mol. The molecule has 0 fully saturated rings. The average Bonchev–Trinajstić information content (AvgIpc) is 2.58. The molecule has 84 valence electrons. The Bertz CT molecular complexity index is 490. The van der Waals surface area contributed by atoms with Crippen molar-refractivity contribution in [1.82, 2.24) is 14.8 Å². The molecule has 0 aromatic carbocycles. The lowest BCUT2D eigenvalue weighted by molar-refractivity contribution is 0.204. The Morgan fingerprint density at radius 1 is 1.50 bits per heavy atom. The maximum absolute atomic E-state index is 10.2. The molecule has 0 bridgehead atoms. The van der Waals surface area contributed by atoms with Gasteiger partial charge in [-0.25, -0.2) is 0 Å². The van der Waals surface area contributed by atoms with Crippen molar-refractivity contribution in [3.8, 4) is 0 Å². The second-order valence-electron chi connectivity index (χ2n) is 3.61. The molecule has 0 spiro atoms. The van der Waals surface area contributed by atoms with E-state index in [0.717, 1.165) is 5.56 Å². The van der Waals surface area contributed by atoms with E-state index in [9.17, 15) is 5.11 Å². The molecular formula is C11H12ClN3O. The number of halogens is 1. The van der Waals surface area contributed by atoms with Gasteiger partial charge in [-0.05, 0) is 18.6 Å². The number of nitrogens with zero attached hydrogens (tertiary/aromatic N) is 3. The van der Waals surface area contributed by atoms with Gasteiger partial charge in [-0.15, -0.1) is 0 Å². The Balaban J connectivity index is 2.47. The zero-order valence-electron chi connectivity index (χ0n) is 9.05. The number of aryl methyl sites for hydroxylation is 2. The van der Waals surface area contributed by atoms with Gasteiger partial charge in [-0.2, -0.15) is 5.10 Å². The van der Waals surface area contributed by atoms with E-state index in [4.69, 9.17) is 11.6 Å². The van der Waals surface area contributed by atoms with Crippen LogP contribution in [-0.4, -0.2) is 19.9 Å². The van der Waals surface area contributed by atoms with Crippen molar-refractivity contribution in [1.29, 1.82) is 0 Å². The van der Waals surface area contributed by atoms with Crippen LogP contribution in [0.3, 0.4) is 0 Å². The number of aliphatic hydroxyl groups excluding tert-OH is 1. The number of pyridine rings is 1. The van der Waals surface area contributed by atoms with Crippen molar-refractivity contribution < 1.29 is 5.11 Å². The third kappa shape index (κ3) is 1.81. The van der Waals surface area contributed by atoms with E-state index >= 15 is 0 Å². The van der Waals surface area contributed by atoms with E-state index < -0.39 is 6.10 Å². The van der Waals surface area contributed by atoms with Gasteiger partial charge in [-0.1, -0.05) is 17.7 Å². The van der Waals surface area contributed by atoms with E-state index in [1.54, 1.807) is 17.9 Å². The summed E-state index contributed by atoms with van der Waals surface area (Å²) in [4.78, 5) is 4.17. The Labute approximate surface area is 98.5 Å². The summed E-state index contributed by atoms with van der Waals surface area (Å²) in [5.74, 6) is 0. The van der Waals surface area contributed by atoms with Crippen LogP contribution in [0.25, 0.3) is 0 Å². The van der Waals surface area contributed by atoms with Crippen molar-refractivity contribution >= 4 is 11.6 Å². The van der Waals surface area contributed by atoms with Crippen LogP contribution >= 0.6 is 11.6 Å². The largest absolute Gasteiger partial charge is 0.380 e. The van der Waals surface area contributed by atoms with Gasteiger partial charge >= 0.3 is 0 Å². The number of hydrogen-bond donors (Lipinski definition) is 1. The van der Waals surface area contributed by atoms with Gasteiger partial charge in [0.15, 0.2) is 0 Å². The molecule has 2 aromatic rings. The summed E-state index contributed by atoms with van der Waals surface area (Å²) < 4.78 is 1.56. The van der Waals surface area contributed by atoms with Gasteiger partial charge in [-0.3, -0.25) is 9.67 Å². The van der Waals surface area contributed by atoms with Crippen LogP contribution in [0.4, 0.5) is 0 Å². The Morgan fingerprint density at radius 2 is 2.25 bits per heavy atom. The van der Waals surface area contributed by atoms with Gasteiger partial charge in [0, 0.05) is 13.2 Å². The quantitative estimate of drug-likeness (QED) is 0.868. The van der Waals surface area contributed by atoms with Crippen molar-refractivity contribution in [2.75, 3.05) is 0 Å². The molecule has 2 rings (SSSR count). The highest BCUT2D eigenvalue weighted by Gasteiger charge is 2.20. The highest BCUT2D eigenvalue weighted by atomic mass is 35.5. The number of hydrogen-bond acceptors (Lipinski definition) is 3. The predicted octanol–water partition coefficient (Wildman–Crippen LogP) is 1.86. The fraction of sp³-hybridized carbons (Fsp3) is 0.273. The van der Waals surface area contributed by atoms with E-state index in [2.05, 4.69) is 10.1 Å². The summed E-state index contributed by atoms with van der Waals surface area (Å²) >= 11 is 5.97. The Morgan fingerprint density at radius 3 is 2.81 bits per heavy atom. The summed E-state index contributed by atoms with van der Waals surface area (Å²) in [6, 6.07) is 3.73. The van der Waals surface area contributed by atoms with E-state index in [1.165, 1.54) is 6.20 Å². The second-order valence-corrected chi connectivity index (χ2v) is 4.02. The minimum absolute atomic E-state index is 0.444. The maximum atomic E-state index is 10.2. The van der Waals surface area contributed by atoms with Crippen LogP contribution in [0.1, 0.15) is 23.1 Å². The lowest BCUT2D eigenvalue weighted by atomic mass is 10.1. The molecule has 1 N–H and O–H groups in total. The normalized spacial score (nSPS) is 12.8. The Hall–Kier alpha value is -1.39. The highest BCUT2D eigenvalue weighted by Crippen LogP contribution is 2.27. The molecule has 4 nitrogen and oxygen atoms in total. The third-order valence-electron chi connectivity index (χ3n) is 2.51. The van der Waals surface area contributed by atoms with Crippen LogP contribution < -0.4 is 0 Å². The summed E-state index contributed by atoms with van der Waals surface area (Å²) in [6.45, 7) is 1.90. The fourth-order valence-corrected chi connectivity index (χ4v) is 1.91. The van der Waals surface area contributed by atoms with Gasteiger partial charge < -0.3 is 5.11 Å². The highest BCUT2D eigenvalue weighted by molar-refractivity contribution is 6.31. The molecule has 5 heteroatoms. The van der Waals surface area contributed by atoms with Crippen molar-refractivity contribution in [2.45, 2.75) is 13.0 Å². The molecule has 0 aliphatic heterocycles. The minimum atomic E-state index is -0.846. The second kappa shape index (κ2) is 4.23. The average molecular weight is 238 g/mol. The third-order valence-corrected chi connectivity index (χ3v) is 2.80. The Kier molecular flexibility index (Phi) is 2.94. The topological polar surface area (TPSA) is 50.9 Å². The van der Waals surface area contributed by atoms with Crippen LogP contribution in [0, 0.1) is 6.92 Å². The molecule has 0 aliphatic carbocycles. The van der Waals surface area contributed by atoms with Gasteiger partial charge in [0.25, 0.3) is 0 Å². The zero-order valence-corrected chi connectivity index (χ0v) is 9.81. The molecule has 0 amide bonds. The van der Waals surface area contributed by atoms with Crippen molar-refractivity contribution in [2.24, 2.45) is 7.05 Å². The molecule has 0 saturated heterocycles. The van der Waals surface area contributed by atoms with Crippen LogP contribution in [0.2, 0.25) is 5.02 Å². The monoisotopic (exact) mass is 237 g/mol. The molecule has 0 aliphatic rings. The van der Waals surface area contributed by atoms with Crippen LogP contribution in [0.15, 0.2) is 24.5 Å². The standard InChI is InChI=1S/C11H12ClN3O/c1-7-4-3-5-13-9(7)11(16)10-8(12)6-14-15(10)2/h3-6,11,16H,1-2H3. The summed E-state index contributed by atoms with van der Waals surface area (Å²) in [6.07, 6.45) is 2.31. The SMILES string of the molecule is Cc1cccnc1C(O)c1c(Cl)cnn1C. The van der Waals surface area contributed by atoms with Crippen molar-refractivity contribution in [3.63, 3.8) is 0 Å². The van der Waals surface area contributed by atoms with E-state index in [1.807, 2.05) is 19.1 Å². The molecule has 0 radical (unpaired) electrons. The first-order chi connectivity index (χ1) is 7.61. The molecular weight excluding hydrogens is 226 g/mol. The smallest absolute Gasteiger partial charge is 0.139 e. The van der Waals surface area contributed by atoms with Crippen LogP contribution in [-0.2, 0) is 7.05 Å². The summed E-state index contributed by atoms with van der Waals surface area (Å²) in [7, 11) is 1.74. The van der Waals surface area contributed by atoms with E-state index in [0.29, 0.717) is 16.4 Å². The number of aliphatic hydroxyl groups is 1. The van der Waals surface area contributed by atoms with Crippen LogP contribution in [0.5, 0.6) is 0 Å².